The van der Waals surface area contributed by atoms with Crippen molar-refractivity contribution in [1.82, 2.24) is 14.9 Å². The summed E-state index contributed by atoms with van der Waals surface area (Å²) in [6, 6.07) is 5.66. The number of carbonyl (C=O) groups is 1. The van der Waals surface area contributed by atoms with Gasteiger partial charge < -0.3 is 34.6 Å². The van der Waals surface area contributed by atoms with E-state index in [2.05, 4.69) is 9.97 Å². The van der Waals surface area contributed by atoms with Crippen molar-refractivity contribution in [2.45, 2.75) is 45.0 Å². The van der Waals surface area contributed by atoms with E-state index in [4.69, 9.17) is 9.47 Å². The van der Waals surface area contributed by atoms with Gasteiger partial charge in [0.15, 0.2) is 17.6 Å². The van der Waals surface area contributed by atoms with Crippen LogP contribution in [0.15, 0.2) is 30.6 Å². The van der Waals surface area contributed by atoms with E-state index in [1.54, 1.807) is 26.4 Å². The van der Waals surface area contributed by atoms with Gasteiger partial charge in [0.25, 0.3) is 5.91 Å². The predicted molar refractivity (Wildman–Crippen MR) is 129 cm³/mol. The first kappa shape index (κ1) is 25.2. The number of likely N-dealkylation sites (tertiary alicyclic amines) is 1. The highest BCUT2D eigenvalue weighted by Gasteiger charge is 2.49. The topological polar surface area (TPSA) is 128 Å². The molecule has 2 saturated heterocycles. The van der Waals surface area contributed by atoms with Crippen LogP contribution in [0.2, 0.25) is 0 Å². The van der Waals surface area contributed by atoms with Crippen molar-refractivity contribution in [3.05, 3.63) is 41.7 Å². The van der Waals surface area contributed by atoms with Crippen LogP contribution < -0.4 is 14.4 Å². The number of methoxy groups -OCH3 is 1. The Balaban J connectivity index is 1.52. The Morgan fingerprint density at radius 2 is 1.89 bits per heavy atom. The van der Waals surface area contributed by atoms with Gasteiger partial charge in [-0.3, -0.25) is 4.79 Å². The van der Waals surface area contributed by atoms with Gasteiger partial charge in [0.2, 0.25) is 5.95 Å². The van der Waals surface area contributed by atoms with E-state index in [-0.39, 0.29) is 18.6 Å². The lowest BCUT2D eigenvalue weighted by molar-refractivity contribution is -0.141. The van der Waals surface area contributed by atoms with Crippen LogP contribution in [0, 0.1) is 12.3 Å². The van der Waals surface area contributed by atoms with E-state index in [1.807, 2.05) is 36.9 Å². The number of benzene rings is 1. The first-order valence-corrected chi connectivity index (χ1v) is 11.8. The molecule has 10 heteroatoms. The SMILES string of the molecule is COc1ccc([C@@H]2CN(C(=O)C(O)CO)C[C@@]2(C)C(C)O)cc1OC1CN(c2ncc(C)cn2)C1. The number of rotatable bonds is 8. The number of amides is 1. The molecule has 10 nitrogen and oxygen atoms in total. The molecule has 35 heavy (non-hydrogen) atoms. The van der Waals surface area contributed by atoms with Gasteiger partial charge in [0, 0.05) is 36.8 Å². The van der Waals surface area contributed by atoms with E-state index in [9.17, 15) is 20.1 Å². The minimum Gasteiger partial charge on any atom is -0.493 e. The molecule has 4 atom stereocenters. The molecule has 0 radical (unpaired) electrons. The summed E-state index contributed by atoms with van der Waals surface area (Å²) >= 11 is 0. The normalized spacial score (nSPS) is 24.1. The van der Waals surface area contributed by atoms with Gasteiger partial charge in [0.05, 0.1) is 32.9 Å². The molecule has 0 saturated carbocycles. The standard InChI is InChI=1S/C25H34N4O6/c1-15-8-26-24(27-9-15)28-10-18(11-28)35-22-7-17(5-6-21(22)34-4)19-12-29(23(33)20(32)13-30)14-25(19,3)16(2)31/h5-9,16,18-20,30-32H,10-14H2,1-4H3/t16?,19-,20?,25-/m0/s1. The third-order valence-corrected chi connectivity index (χ3v) is 7.24. The average Bonchev–Trinajstić information content (AvgIpc) is 3.19. The molecule has 2 aliphatic rings. The second-order valence-electron chi connectivity index (χ2n) is 9.77. The first-order chi connectivity index (χ1) is 16.7. The first-order valence-electron chi connectivity index (χ1n) is 11.8. The molecule has 3 N–H and O–H groups in total. The van der Waals surface area contributed by atoms with Crippen LogP contribution in [-0.4, -0.2) is 94.3 Å². The predicted octanol–water partition coefficient (Wildman–Crippen LogP) is 0.727. The zero-order valence-electron chi connectivity index (χ0n) is 20.6. The molecule has 1 aromatic carbocycles. The maximum absolute atomic E-state index is 12.6. The lowest BCUT2D eigenvalue weighted by Crippen LogP contribution is -2.54. The maximum Gasteiger partial charge on any atom is 0.253 e. The minimum absolute atomic E-state index is 0.0615. The van der Waals surface area contributed by atoms with Crippen molar-refractivity contribution in [2.75, 3.05) is 44.8 Å². The second-order valence-corrected chi connectivity index (χ2v) is 9.77. The number of aliphatic hydroxyl groups excluding tert-OH is 3. The molecule has 2 fully saturated rings. The molecule has 2 aromatic rings. The molecule has 4 rings (SSSR count). The third-order valence-electron chi connectivity index (χ3n) is 7.24. The van der Waals surface area contributed by atoms with Crippen LogP contribution in [-0.2, 0) is 4.79 Å². The van der Waals surface area contributed by atoms with Crippen LogP contribution in [0.3, 0.4) is 0 Å². The summed E-state index contributed by atoms with van der Waals surface area (Å²) in [7, 11) is 1.58. The van der Waals surface area contributed by atoms with Crippen molar-refractivity contribution < 1.29 is 29.6 Å². The highest BCUT2D eigenvalue weighted by molar-refractivity contribution is 5.81. The summed E-state index contributed by atoms with van der Waals surface area (Å²) in [6.07, 6.45) is 1.33. The number of ether oxygens (including phenoxy) is 2. The molecule has 190 valence electrons. The third kappa shape index (κ3) is 4.91. The Hall–Kier alpha value is -2.95. The Bertz CT molecular complexity index is 1040. The van der Waals surface area contributed by atoms with Gasteiger partial charge in [-0.1, -0.05) is 13.0 Å². The quantitative estimate of drug-likeness (QED) is 0.495. The van der Waals surface area contributed by atoms with E-state index in [1.165, 1.54) is 4.90 Å². The molecule has 0 aliphatic carbocycles. The summed E-state index contributed by atoms with van der Waals surface area (Å²) in [6.45, 7) is 6.81. The van der Waals surface area contributed by atoms with Crippen molar-refractivity contribution in [3.8, 4) is 11.5 Å². The van der Waals surface area contributed by atoms with Gasteiger partial charge in [-0.15, -0.1) is 0 Å². The molecule has 2 unspecified atom stereocenters. The Labute approximate surface area is 205 Å². The minimum atomic E-state index is -1.47. The number of aryl methyl sites for hydroxylation is 1. The number of nitrogens with zero attached hydrogens (tertiary/aromatic N) is 4. The number of carbonyl (C=O) groups excluding carboxylic acids is 1. The number of anilines is 1. The van der Waals surface area contributed by atoms with E-state index < -0.39 is 30.1 Å². The van der Waals surface area contributed by atoms with E-state index >= 15 is 0 Å². The average molecular weight is 487 g/mol. The van der Waals surface area contributed by atoms with Crippen LogP contribution in [0.1, 0.15) is 30.9 Å². The number of aromatic nitrogens is 2. The van der Waals surface area contributed by atoms with Gasteiger partial charge in [-0.05, 0) is 37.1 Å². The van der Waals surface area contributed by atoms with Crippen molar-refractivity contribution in [1.29, 1.82) is 0 Å². The molecular weight excluding hydrogens is 452 g/mol. The summed E-state index contributed by atoms with van der Waals surface area (Å²) in [5, 5.41) is 29.7. The van der Waals surface area contributed by atoms with Crippen LogP contribution >= 0.6 is 0 Å². The van der Waals surface area contributed by atoms with E-state index in [0.717, 1.165) is 11.1 Å². The molecule has 2 aliphatic heterocycles. The van der Waals surface area contributed by atoms with Gasteiger partial charge in [-0.2, -0.15) is 0 Å². The monoisotopic (exact) mass is 486 g/mol. The van der Waals surface area contributed by atoms with E-state index in [0.29, 0.717) is 37.1 Å². The fourth-order valence-corrected chi connectivity index (χ4v) is 4.79. The summed E-state index contributed by atoms with van der Waals surface area (Å²) in [5.74, 6) is 1.11. The molecule has 3 heterocycles. The zero-order valence-corrected chi connectivity index (χ0v) is 20.6. The highest BCUT2D eigenvalue weighted by Crippen LogP contribution is 2.47. The van der Waals surface area contributed by atoms with Gasteiger partial charge in [0.1, 0.15) is 6.10 Å². The molecule has 0 spiro atoms. The molecular formula is C25H34N4O6. The lowest BCUT2D eigenvalue weighted by Gasteiger charge is -2.39. The number of hydrogen-bond acceptors (Lipinski definition) is 9. The van der Waals surface area contributed by atoms with Crippen molar-refractivity contribution >= 4 is 11.9 Å². The maximum atomic E-state index is 12.6. The van der Waals surface area contributed by atoms with Crippen LogP contribution in [0.5, 0.6) is 11.5 Å². The summed E-state index contributed by atoms with van der Waals surface area (Å²) in [5.41, 5.74) is 1.26. The summed E-state index contributed by atoms with van der Waals surface area (Å²) < 4.78 is 11.8. The van der Waals surface area contributed by atoms with Crippen LogP contribution in [0.4, 0.5) is 5.95 Å². The zero-order chi connectivity index (χ0) is 25.3. The Morgan fingerprint density at radius 1 is 1.20 bits per heavy atom. The number of aliphatic hydroxyl groups is 3. The lowest BCUT2D eigenvalue weighted by atomic mass is 9.72. The van der Waals surface area contributed by atoms with Gasteiger partial charge >= 0.3 is 0 Å². The van der Waals surface area contributed by atoms with Crippen molar-refractivity contribution in [2.24, 2.45) is 5.41 Å². The Kier molecular flexibility index (Phi) is 7.16. The molecule has 1 amide bonds. The highest BCUT2D eigenvalue weighted by atomic mass is 16.5. The Morgan fingerprint density at radius 3 is 2.49 bits per heavy atom. The molecule has 0 bridgehead atoms. The van der Waals surface area contributed by atoms with Gasteiger partial charge in [-0.25, -0.2) is 9.97 Å². The molecule has 1 aromatic heterocycles. The van der Waals surface area contributed by atoms with Crippen LogP contribution in [0.25, 0.3) is 0 Å². The summed E-state index contributed by atoms with van der Waals surface area (Å²) in [4.78, 5) is 24.8. The number of hydrogen-bond donors (Lipinski definition) is 3. The fraction of sp³-hybridized carbons (Fsp3) is 0.560. The smallest absolute Gasteiger partial charge is 0.253 e. The largest absolute Gasteiger partial charge is 0.493 e. The second kappa shape index (κ2) is 9.96. The van der Waals surface area contributed by atoms with Crippen molar-refractivity contribution in [3.63, 3.8) is 0 Å². The fourth-order valence-electron chi connectivity index (χ4n) is 4.79.